The Morgan fingerprint density at radius 2 is 1.82 bits per heavy atom. The molecule has 1 saturated carbocycles. The molecule has 2 heterocycles. The molecule has 0 spiro atoms. The standard InChI is InChI=1S/C27H31FN4O5S/c1-27(2,3)26-31-30-24(37-26)19-12-22-23(13-20(19)28)38(34,35)15-21(29)25(33)32(22)14-16-8-10-18(11-9-16)36-17-6-4-5-7-17/h8-13,17,21H,4-7,14-15,29H2,1-3H3/t21-/m0/s1. The first-order valence-electron chi connectivity index (χ1n) is 12.7. The lowest BCUT2D eigenvalue weighted by atomic mass is 9.97. The predicted molar refractivity (Wildman–Crippen MR) is 139 cm³/mol. The van der Waals surface area contributed by atoms with Crippen molar-refractivity contribution in [2.24, 2.45) is 5.73 Å². The second kappa shape index (κ2) is 9.77. The van der Waals surface area contributed by atoms with Crippen LogP contribution in [-0.4, -0.2) is 42.4 Å². The summed E-state index contributed by atoms with van der Waals surface area (Å²) >= 11 is 0. The Hall–Kier alpha value is -3.31. The molecule has 1 amide bonds. The summed E-state index contributed by atoms with van der Waals surface area (Å²) in [6.45, 7) is 5.64. The van der Waals surface area contributed by atoms with Gasteiger partial charge in [-0.3, -0.25) is 4.79 Å². The van der Waals surface area contributed by atoms with Gasteiger partial charge in [0.25, 0.3) is 5.89 Å². The topological polar surface area (TPSA) is 129 Å². The van der Waals surface area contributed by atoms with Crippen LogP contribution >= 0.6 is 0 Å². The van der Waals surface area contributed by atoms with Crippen molar-refractivity contribution in [1.29, 1.82) is 0 Å². The molecule has 2 aromatic carbocycles. The molecule has 0 bridgehead atoms. The number of anilines is 1. The summed E-state index contributed by atoms with van der Waals surface area (Å²) in [4.78, 5) is 14.3. The zero-order valence-corrected chi connectivity index (χ0v) is 22.4. The van der Waals surface area contributed by atoms with E-state index in [-0.39, 0.29) is 34.7 Å². The van der Waals surface area contributed by atoms with Crippen molar-refractivity contribution in [3.05, 3.63) is 53.7 Å². The average Bonchev–Trinajstić information content (AvgIpc) is 3.54. The van der Waals surface area contributed by atoms with Gasteiger partial charge < -0.3 is 19.8 Å². The van der Waals surface area contributed by atoms with E-state index in [2.05, 4.69) is 10.2 Å². The molecule has 0 unspecified atom stereocenters. The molecule has 5 rings (SSSR count). The number of ether oxygens (including phenoxy) is 1. The molecule has 202 valence electrons. The van der Waals surface area contributed by atoms with Crippen molar-refractivity contribution in [3.63, 3.8) is 0 Å². The zero-order valence-electron chi connectivity index (χ0n) is 21.6. The Balaban J connectivity index is 1.53. The van der Waals surface area contributed by atoms with Gasteiger partial charge in [-0.05, 0) is 55.5 Å². The lowest BCUT2D eigenvalue weighted by Gasteiger charge is -2.25. The highest BCUT2D eigenvalue weighted by molar-refractivity contribution is 7.91. The van der Waals surface area contributed by atoms with E-state index >= 15 is 4.39 Å². The fourth-order valence-corrected chi connectivity index (χ4v) is 6.30. The van der Waals surface area contributed by atoms with Gasteiger partial charge in [0.15, 0.2) is 9.84 Å². The molecule has 0 saturated heterocycles. The highest BCUT2D eigenvalue weighted by atomic mass is 32.2. The number of nitrogens with zero attached hydrogens (tertiary/aromatic N) is 3. The number of amides is 1. The maximum atomic E-state index is 15.3. The van der Waals surface area contributed by atoms with E-state index < -0.39 is 38.8 Å². The second-order valence-electron chi connectivity index (χ2n) is 10.9. The van der Waals surface area contributed by atoms with Crippen LogP contribution in [0.2, 0.25) is 0 Å². The van der Waals surface area contributed by atoms with Crippen LogP contribution in [0.1, 0.15) is 57.9 Å². The largest absolute Gasteiger partial charge is 0.490 e. The number of sulfone groups is 1. The molecule has 0 radical (unpaired) electrons. The Bertz CT molecular complexity index is 1460. The summed E-state index contributed by atoms with van der Waals surface area (Å²) in [5.74, 6) is -1.15. The molecule has 3 aromatic rings. The number of fused-ring (bicyclic) bond motifs is 1. The highest BCUT2D eigenvalue weighted by Crippen LogP contribution is 2.37. The quantitative estimate of drug-likeness (QED) is 0.509. The van der Waals surface area contributed by atoms with Gasteiger partial charge in [0.1, 0.15) is 11.6 Å². The summed E-state index contributed by atoms with van der Waals surface area (Å²) in [5.41, 5.74) is 6.18. The lowest BCUT2D eigenvalue weighted by Crippen LogP contribution is -2.45. The molecule has 38 heavy (non-hydrogen) atoms. The first-order chi connectivity index (χ1) is 17.9. The van der Waals surface area contributed by atoms with Crippen molar-refractivity contribution in [3.8, 4) is 17.2 Å². The molecular formula is C27H31FN4O5S. The monoisotopic (exact) mass is 542 g/mol. The zero-order chi connectivity index (χ0) is 27.2. The van der Waals surface area contributed by atoms with Gasteiger partial charge in [0.05, 0.1) is 40.6 Å². The molecule has 1 aliphatic heterocycles. The Morgan fingerprint density at radius 1 is 1.13 bits per heavy atom. The van der Waals surface area contributed by atoms with Gasteiger partial charge in [-0.15, -0.1) is 10.2 Å². The Kier molecular flexibility index (Phi) is 6.77. The molecular weight excluding hydrogens is 511 g/mol. The number of nitrogens with two attached hydrogens (primary N) is 1. The summed E-state index contributed by atoms with van der Waals surface area (Å²) in [6.07, 6.45) is 4.59. The van der Waals surface area contributed by atoms with Gasteiger partial charge in [-0.1, -0.05) is 32.9 Å². The van der Waals surface area contributed by atoms with Gasteiger partial charge in [0.2, 0.25) is 11.8 Å². The minimum absolute atomic E-state index is 0.0149. The SMILES string of the molecule is CC(C)(C)c1nnc(-c2cc3c(cc2F)S(=O)(=O)C[C@H](N)C(=O)N3Cc2ccc(OC3CCCC3)cc2)o1. The number of benzene rings is 2. The normalized spacial score (nSPS) is 19.9. The van der Waals surface area contributed by atoms with Crippen molar-refractivity contribution in [2.75, 3.05) is 10.7 Å². The van der Waals surface area contributed by atoms with Crippen molar-refractivity contribution in [1.82, 2.24) is 10.2 Å². The molecule has 1 fully saturated rings. The van der Waals surface area contributed by atoms with Crippen LogP contribution in [0.4, 0.5) is 10.1 Å². The third kappa shape index (κ3) is 5.17. The van der Waals surface area contributed by atoms with E-state index in [0.29, 0.717) is 5.89 Å². The second-order valence-corrected chi connectivity index (χ2v) is 12.9. The minimum Gasteiger partial charge on any atom is -0.490 e. The third-order valence-electron chi connectivity index (χ3n) is 6.82. The number of halogens is 1. The number of aromatic nitrogens is 2. The Morgan fingerprint density at radius 3 is 2.45 bits per heavy atom. The van der Waals surface area contributed by atoms with Crippen LogP contribution in [0.5, 0.6) is 5.75 Å². The summed E-state index contributed by atoms with van der Waals surface area (Å²) < 4.78 is 53.2. The van der Waals surface area contributed by atoms with E-state index in [1.807, 2.05) is 45.0 Å². The van der Waals surface area contributed by atoms with Gasteiger partial charge in [-0.25, -0.2) is 12.8 Å². The third-order valence-corrected chi connectivity index (χ3v) is 8.62. The van der Waals surface area contributed by atoms with E-state index in [4.69, 9.17) is 14.9 Å². The van der Waals surface area contributed by atoms with E-state index in [0.717, 1.165) is 43.1 Å². The molecule has 2 N–H and O–H groups in total. The summed E-state index contributed by atoms with van der Waals surface area (Å²) in [6, 6.07) is 8.17. The van der Waals surface area contributed by atoms with E-state index in [9.17, 15) is 13.2 Å². The van der Waals surface area contributed by atoms with Gasteiger partial charge in [0, 0.05) is 5.41 Å². The molecule has 2 aliphatic rings. The minimum atomic E-state index is -4.06. The van der Waals surface area contributed by atoms with Crippen molar-refractivity contribution >= 4 is 21.4 Å². The van der Waals surface area contributed by atoms with Crippen molar-refractivity contribution < 1.29 is 26.8 Å². The predicted octanol–water partition coefficient (Wildman–Crippen LogP) is 4.14. The number of hydrogen-bond acceptors (Lipinski definition) is 8. The summed E-state index contributed by atoms with van der Waals surface area (Å²) in [5, 5.41) is 7.98. The molecule has 1 aromatic heterocycles. The Labute approximate surface area is 221 Å². The molecule has 11 heteroatoms. The maximum Gasteiger partial charge on any atom is 0.250 e. The van der Waals surface area contributed by atoms with Crippen LogP contribution in [0, 0.1) is 5.82 Å². The first kappa shape index (κ1) is 26.3. The number of rotatable bonds is 5. The number of carbonyl (C=O) groups excluding carboxylic acids is 1. The molecule has 1 aliphatic carbocycles. The summed E-state index contributed by atoms with van der Waals surface area (Å²) in [7, 11) is -4.06. The fourth-order valence-electron chi connectivity index (χ4n) is 4.74. The van der Waals surface area contributed by atoms with Gasteiger partial charge in [-0.2, -0.15) is 0 Å². The first-order valence-corrected chi connectivity index (χ1v) is 14.3. The van der Waals surface area contributed by atoms with E-state index in [1.165, 1.54) is 11.0 Å². The van der Waals surface area contributed by atoms with Crippen LogP contribution in [0.3, 0.4) is 0 Å². The van der Waals surface area contributed by atoms with Crippen LogP contribution in [0.15, 0.2) is 45.7 Å². The van der Waals surface area contributed by atoms with Crippen molar-refractivity contribution in [2.45, 2.75) is 75.5 Å². The van der Waals surface area contributed by atoms with Gasteiger partial charge >= 0.3 is 0 Å². The highest BCUT2D eigenvalue weighted by Gasteiger charge is 2.37. The molecule has 9 nitrogen and oxygen atoms in total. The number of hydrogen-bond donors (Lipinski definition) is 1. The smallest absolute Gasteiger partial charge is 0.250 e. The maximum absolute atomic E-state index is 15.3. The van der Waals surface area contributed by atoms with Crippen LogP contribution in [-0.2, 0) is 26.6 Å². The number of carbonyl (C=O) groups is 1. The fraction of sp³-hybridized carbons (Fsp3) is 0.444. The average molecular weight is 543 g/mol. The van der Waals surface area contributed by atoms with E-state index in [1.54, 1.807) is 0 Å². The van der Waals surface area contributed by atoms with Crippen LogP contribution in [0.25, 0.3) is 11.5 Å². The van der Waals surface area contributed by atoms with Crippen LogP contribution < -0.4 is 15.4 Å². The molecule has 1 atom stereocenters. The lowest BCUT2D eigenvalue weighted by molar-refractivity contribution is -0.119.